The van der Waals surface area contributed by atoms with Crippen molar-refractivity contribution in [3.05, 3.63) is 23.2 Å². The molecule has 1 aliphatic heterocycles. The molecule has 1 fully saturated rings. The maximum Gasteiger partial charge on any atom is 0.241 e. The van der Waals surface area contributed by atoms with Gasteiger partial charge in [0.15, 0.2) is 0 Å². The third kappa shape index (κ3) is 1.95. The standard InChI is InChI=1S/C13H14ClNOS/c14-9-4-5-10-11(8-9)17-13(12(16)15-10)6-2-1-3-7-13/h4-5,8H,1-3,6-7H2,(H,15,16). The van der Waals surface area contributed by atoms with Gasteiger partial charge in [0.2, 0.25) is 5.91 Å². The summed E-state index contributed by atoms with van der Waals surface area (Å²) < 4.78 is -0.240. The van der Waals surface area contributed by atoms with Crippen LogP contribution in [0.25, 0.3) is 0 Å². The van der Waals surface area contributed by atoms with E-state index < -0.39 is 0 Å². The molecule has 3 rings (SSSR count). The molecule has 1 spiro atoms. The van der Waals surface area contributed by atoms with Crippen molar-refractivity contribution in [3.8, 4) is 0 Å². The van der Waals surface area contributed by atoms with Crippen molar-refractivity contribution in [2.75, 3.05) is 5.32 Å². The van der Waals surface area contributed by atoms with Gasteiger partial charge in [-0.15, -0.1) is 11.8 Å². The Labute approximate surface area is 110 Å². The van der Waals surface area contributed by atoms with E-state index in [-0.39, 0.29) is 10.7 Å². The molecule has 1 N–H and O–H groups in total. The Kier molecular flexibility index (Phi) is 2.83. The number of halogens is 1. The quantitative estimate of drug-likeness (QED) is 0.767. The van der Waals surface area contributed by atoms with Gasteiger partial charge in [-0.1, -0.05) is 30.9 Å². The summed E-state index contributed by atoms with van der Waals surface area (Å²) in [5.41, 5.74) is 0.903. The number of nitrogens with one attached hydrogen (secondary N) is 1. The molecule has 0 bridgehead atoms. The molecular weight excluding hydrogens is 254 g/mol. The van der Waals surface area contributed by atoms with E-state index in [2.05, 4.69) is 5.32 Å². The van der Waals surface area contributed by atoms with Crippen LogP contribution in [0.15, 0.2) is 23.1 Å². The molecule has 1 aromatic carbocycles. The highest BCUT2D eigenvalue weighted by Gasteiger charge is 2.43. The van der Waals surface area contributed by atoms with Crippen LogP contribution in [0.2, 0.25) is 5.02 Å². The van der Waals surface area contributed by atoms with Crippen molar-refractivity contribution in [2.45, 2.75) is 41.7 Å². The first-order chi connectivity index (χ1) is 8.20. The SMILES string of the molecule is O=C1Nc2ccc(Cl)cc2SC12CCCCC2. The zero-order valence-electron chi connectivity index (χ0n) is 9.46. The Bertz CT molecular complexity index is 468. The first-order valence-electron chi connectivity index (χ1n) is 6.00. The zero-order chi connectivity index (χ0) is 11.9. The first-order valence-corrected chi connectivity index (χ1v) is 7.19. The molecule has 4 heteroatoms. The number of rotatable bonds is 0. The van der Waals surface area contributed by atoms with Gasteiger partial charge in [-0.05, 0) is 31.0 Å². The molecule has 2 aliphatic rings. The van der Waals surface area contributed by atoms with E-state index >= 15 is 0 Å². The largest absolute Gasteiger partial charge is 0.324 e. The highest BCUT2D eigenvalue weighted by atomic mass is 35.5. The van der Waals surface area contributed by atoms with Crippen molar-refractivity contribution in [1.82, 2.24) is 0 Å². The number of carbonyl (C=O) groups excluding carboxylic acids is 1. The highest BCUT2D eigenvalue weighted by molar-refractivity contribution is 8.01. The van der Waals surface area contributed by atoms with Gasteiger partial charge in [0.05, 0.1) is 10.4 Å². The fourth-order valence-corrected chi connectivity index (χ4v) is 4.34. The number of hydrogen-bond donors (Lipinski definition) is 1. The molecule has 1 aromatic rings. The van der Waals surface area contributed by atoms with Crippen LogP contribution < -0.4 is 5.32 Å². The number of thioether (sulfide) groups is 1. The summed E-state index contributed by atoms with van der Waals surface area (Å²) in [6, 6.07) is 5.66. The summed E-state index contributed by atoms with van der Waals surface area (Å²) in [6.07, 6.45) is 5.51. The Hall–Kier alpha value is -0.670. The molecule has 1 heterocycles. The second-order valence-corrected chi connectivity index (χ2v) is 6.61. The lowest BCUT2D eigenvalue weighted by Gasteiger charge is -2.38. The normalized spacial score (nSPS) is 22.1. The van der Waals surface area contributed by atoms with Crippen LogP contribution in [0.5, 0.6) is 0 Å². The fraction of sp³-hybridized carbons (Fsp3) is 0.462. The lowest BCUT2D eigenvalue weighted by Crippen LogP contribution is -2.43. The lowest BCUT2D eigenvalue weighted by molar-refractivity contribution is -0.119. The predicted molar refractivity (Wildman–Crippen MR) is 71.8 cm³/mol. The third-order valence-corrected chi connectivity index (χ3v) is 5.35. The summed E-state index contributed by atoms with van der Waals surface area (Å²) in [4.78, 5) is 13.4. The Balaban J connectivity index is 1.98. The molecule has 0 unspecified atom stereocenters. The minimum Gasteiger partial charge on any atom is -0.324 e. The molecule has 0 saturated heterocycles. The van der Waals surface area contributed by atoms with Gasteiger partial charge in [0, 0.05) is 9.92 Å². The van der Waals surface area contributed by atoms with E-state index in [0.717, 1.165) is 41.3 Å². The number of fused-ring (bicyclic) bond motifs is 1. The van der Waals surface area contributed by atoms with Gasteiger partial charge in [0.25, 0.3) is 0 Å². The number of hydrogen-bond acceptors (Lipinski definition) is 2. The summed E-state index contributed by atoms with van der Waals surface area (Å²) in [5, 5.41) is 3.76. The second kappa shape index (κ2) is 4.21. The minimum absolute atomic E-state index is 0.178. The monoisotopic (exact) mass is 267 g/mol. The van der Waals surface area contributed by atoms with Gasteiger partial charge in [-0.2, -0.15) is 0 Å². The molecular formula is C13H14ClNOS. The molecule has 0 radical (unpaired) electrons. The van der Waals surface area contributed by atoms with Crippen LogP contribution in [0, 0.1) is 0 Å². The number of amides is 1. The van der Waals surface area contributed by atoms with Crippen LogP contribution in [-0.2, 0) is 4.79 Å². The summed E-state index contributed by atoms with van der Waals surface area (Å²) in [6.45, 7) is 0. The minimum atomic E-state index is -0.240. The average Bonchev–Trinajstić information content (AvgIpc) is 2.32. The van der Waals surface area contributed by atoms with Crippen LogP contribution in [0.4, 0.5) is 5.69 Å². The zero-order valence-corrected chi connectivity index (χ0v) is 11.0. The summed E-state index contributed by atoms with van der Waals surface area (Å²) in [5.74, 6) is 0.178. The van der Waals surface area contributed by atoms with Crippen LogP contribution in [0.3, 0.4) is 0 Å². The molecule has 0 aromatic heterocycles. The van der Waals surface area contributed by atoms with E-state index in [4.69, 9.17) is 11.6 Å². The molecule has 17 heavy (non-hydrogen) atoms. The maximum absolute atomic E-state index is 12.3. The molecule has 1 amide bonds. The molecule has 2 nitrogen and oxygen atoms in total. The van der Waals surface area contributed by atoms with Crippen molar-refractivity contribution >= 4 is 35.0 Å². The molecule has 0 atom stereocenters. The maximum atomic E-state index is 12.3. The lowest BCUT2D eigenvalue weighted by atomic mass is 9.87. The number of carbonyl (C=O) groups is 1. The Morgan fingerprint density at radius 2 is 2.00 bits per heavy atom. The van der Waals surface area contributed by atoms with Gasteiger partial charge < -0.3 is 5.32 Å². The predicted octanol–water partition coefficient (Wildman–Crippen LogP) is 4.09. The van der Waals surface area contributed by atoms with Crippen molar-refractivity contribution < 1.29 is 4.79 Å². The first kappa shape index (κ1) is 11.4. The fourth-order valence-electron chi connectivity index (χ4n) is 2.63. The third-order valence-electron chi connectivity index (χ3n) is 3.57. The summed E-state index contributed by atoms with van der Waals surface area (Å²) in [7, 11) is 0. The molecule has 1 aliphatic carbocycles. The topological polar surface area (TPSA) is 29.1 Å². The van der Waals surface area contributed by atoms with Crippen LogP contribution in [-0.4, -0.2) is 10.7 Å². The van der Waals surface area contributed by atoms with Gasteiger partial charge in [-0.3, -0.25) is 4.79 Å². The van der Waals surface area contributed by atoms with Gasteiger partial charge in [-0.25, -0.2) is 0 Å². The Morgan fingerprint density at radius 1 is 1.24 bits per heavy atom. The second-order valence-electron chi connectivity index (χ2n) is 4.75. The number of benzene rings is 1. The van der Waals surface area contributed by atoms with E-state index in [1.54, 1.807) is 11.8 Å². The number of anilines is 1. The van der Waals surface area contributed by atoms with E-state index in [9.17, 15) is 4.79 Å². The van der Waals surface area contributed by atoms with Crippen LogP contribution >= 0.6 is 23.4 Å². The average molecular weight is 268 g/mol. The van der Waals surface area contributed by atoms with Crippen molar-refractivity contribution in [2.24, 2.45) is 0 Å². The van der Waals surface area contributed by atoms with Gasteiger partial charge >= 0.3 is 0 Å². The van der Waals surface area contributed by atoms with Crippen molar-refractivity contribution in [3.63, 3.8) is 0 Å². The van der Waals surface area contributed by atoms with Crippen LogP contribution in [0.1, 0.15) is 32.1 Å². The Morgan fingerprint density at radius 3 is 2.76 bits per heavy atom. The molecule has 90 valence electrons. The van der Waals surface area contributed by atoms with E-state index in [1.807, 2.05) is 18.2 Å². The highest BCUT2D eigenvalue weighted by Crippen LogP contribution is 2.50. The summed E-state index contributed by atoms with van der Waals surface area (Å²) >= 11 is 7.72. The van der Waals surface area contributed by atoms with Crippen molar-refractivity contribution in [1.29, 1.82) is 0 Å². The van der Waals surface area contributed by atoms with E-state index in [1.165, 1.54) is 6.42 Å². The van der Waals surface area contributed by atoms with Gasteiger partial charge in [0.1, 0.15) is 0 Å². The smallest absolute Gasteiger partial charge is 0.241 e. The van der Waals surface area contributed by atoms with E-state index in [0.29, 0.717) is 0 Å². The molecule has 1 saturated carbocycles.